The van der Waals surface area contributed by atoms with Crippen LogP contribution in [0, 0.1) is 12.3 Å². The number of nitrogens with one attached hydrogen (secondary N) is 1. The largest absolute Gasteiger partial charge is 0.417 e. The molecule has 0 fully saturated rings. The summed E-state index contributed by atoms with van der Waals surface area (Å²) in [6.07, 6.45) is 0.992. The summed E-state index contributed by atoms with van der Waals surface area (Å²) in [5, 5.41) is 0. The highest BCUT2D eigenvalue weighted by Gasteiger charge is 2.36. The normalized spacial score (nSPS) is 12.1. The highest BCUT2D eigenvalue weighted by molar-refractivity contribution is 7.89. The Morgan fingerprint density at radius 3 is 2.47 bits per heavy atom. The third-order valence-corrected chi connectivity index (χ3v) is 3.79. The predicted molar refractivity (Wildman–Crippen MR) is 64.7 cm³/mol. The van der Waals surface area contributed by atoms with E-state index in [4.69, 9.17) is 6.42 Å². The summed E-state index contributed by atoms with van der Waals surface area (Å²) >= 11 is 0. The van der Waals surface area contributed by atoms with Gasteiger partial charge in [-0.05, 0) is 18.6 Å². The molecule has 1 aromatic rings. The summed E-state index contributed by atoms with van der Waals surface area (Å²) in [4.78, 5) is -0.775. The highest BCUT2D eigenvalue weighted by Crippen LogP contribution is 2.33. The highest BCUT2D eigenvalue weighted by atomic mass is 32.2. The van der Waals surface area contributed by atoms with Crippen molar-refractivity contribution >= 4 is 10.0 Å². The fourth-order valence-corrected chi connectivity index (χ4v) is 2.71. The van der Waals surface area contributed by atoms with E-state index in [1.807, 2.05) is 0 Å². The monoisotopic (exact) mass is 291 g/mol. The average Bonchev–Trinajstić information content (AvgIpc) is 2.34. The van der Waals surface area contributed by atoms with Gasteiger partial charge in [-0.2, -0.15) is 13.2 Å². The standard InChI is InChI=1S/C12H12F3NO2S/c1-2-3-6-9-16-19(17,18)11-8-5-4-7-10(11)12(13,14)15/h1,4-5,7-8,16H,3,6,9H2. The first kappa shape index (κ1) is 15.5. The van der Waals surface area contributed by atoms with Gasteiger partial charge >= 0.3 is 6.18 Å². The molecule has 0 aliphatic carbocycles. The first-order chi connectivity index (χ1) is 8.79. The minimum atomic E-state index is -4.72. The Balaban J connectivity index is 3.00. The molecule has 0 amide bonds. The molecule has 1 N–H and O–H groups in total. The van der Waals surface area contributed by atoms with Crippen molar-refractivity contribution in [3.8, 4) is 12.3 Å². The molecule has 0 radical (unpaired) electrons. The van der Waals surface area contributed by atoms with Crippen molar-refractivity contribution in [2.24, 2.45) is 0 Å². The van der Waals surface area contributed by atoms with Gasteiger partial charge in [-0.15, -0.1) is 12.3 Å². The molecule has 0 atom stereocenters. The summed E-state index contributed by atoms with van der Waals surface area (Å²) in [6.45, 7) is -0.00127. The minimum Gasteiger partial charge on any atom is -0.211 e. The third-order valence-electron chi connectivity index (χ3n) is 2.27. The summed E-state index contributed by atoms with van der Waals surface area (Å²) in [5.41, 5.74) is -1.18. The summed E-state index contributed by atoms with van der Waals surface area (Å²) in [5.74, 6) is 2.31. The van der Waals surface area contributed by atoms with Gasteiger partial charge in [-0.3, -0.25) is 0 Å². The van der Waals surface area contributed by atoms with Crippen LogP contribution in [0.15, 0.2) is 29.2 Å². The maximum absolute atomic E-state index is 12.7. The van der Waals surface area contributed by atoms with Gasteiger partial charge in [0.05, 0.1) is 10.5 Å². The summed E-state index contributed by atoms with van der Waals surface area (Å²) < 4.78 is 63.8. The van der Waals surface area contributed by atoms with Gasteiger partial charge < -0.3 is 0 Å². The third kappa shape index (κ3) is 4.26. The number of sulfonamides is 1. The van der Waals surface area contributed by atoms with Crippen LogP contribution in [0.1, 0.15) is 18.4 Å². The van der Waals surface area contributed by atoms with E-state index >= 15 is 0 Å². The number of hydrogen-bond acceptors (Lipinski definition) is 2. The van der Waals surface area contributed by atoms with E-state index in [1.54, 1.807) is 0 Å². The molecule has 1 aromatic carbocycles. The number of alkyl halides is 3. The second-order valence-electron chi connectivity index (χ2n) is 3.70. The topological polar surface area (TPSA) is 46.2 Å². The van der Waals surface area contributed by atoms with Gasteiger partial charge in [0.25, 0.3) is 0 Å². The number of benzene rings is 1. The first-order valence-corrected chi connectivity index (χ1v) is 6.86. The predicted octanol–water partition coefficient (Wildman–Crippen LogP) is 2.40. The van der Waals surface area contributed by atoms with Crippen LogP contribution in [0.4, 0.5) is 13.2 Å². The number of halogens is 3. The molecule has 7 heteroatoms. The van der Waals surface area contributed by atoms with Crippen LogP contribution in [0.25, 0.3) is 0 Å². The maximum Gasteiger partial charge on any atom is 0.417 e. The molecule has 0 saturated carbocycles. The van der Waals surface area contributed by atoms with Gasteiger partial charge in [-0.25, -0.2) is 13.1 Å². The van der Waals surface area contributed by atoms with Crippen LogP contribution in [0.3, 0.4) is 0 Å². The van der Waals surface area contributed by atoms with Crippen molar-refractivity contribution in [2.45, 2.75) is 23.9 Å². The quantitative estimate of drug-likeness (QED) is 0.669. The van der Waals surface area contributed by atoms with Crippen LogP contribution in [-0.4, -0.2) is 15.0 Å². The van der Waals surface area contributed by atoms with Crippen molar-refractivity contribution in [3.63, 3.8) is 0 Å². The first-order valence-electron chi connectivity index (χ1n) is 5.38. The lowest BCUT2D eigenvalue weighted by Crippen LogP contribution is -2.27. The lowest BCUT2D eigenvalue weighted by atomic mass is 10.2. The van der Waals surface area contributed by atoms with E-state index in [2.05, 4.69) is 10.6 Å². The van der Waals surface area contributed by atoms with Crippen LogP contribution < -0.4 is 4.72 Å². The average molecular weight is 291 g/mol. The number of terminal acetylenes is 1. The second-order valence-corrected chi connectivity index (χ2v) is 5.43. The fourth-order valence-electron chi connectivity index (χ4n) is 1.41. The zero-order valence-corrected chi connectivity index (χ0v) is 10.7. The second kappa shape index (κ2) is 6.08. The molecule has 0 saturated heterocycles. The number of hydrogen-bond donors (Lipinski definition) is 1. The molecule has 0 heterocycles. The van der Waals surface area contributed by atoms with Crippen molar-refractivity contribution in [3.05, 3.63) is 29.8 Å². The molecule has 0 bridgehead atoms. The summed E-state index contributed by atoms with van der Waals surface area (Å²) in [7, 11) is -4.19. The Morgan fingerprint density at radius 1 is 1.26 bits per heavy atom. The zero-order chi connectivity index (χ0) is 14.5. The molecular formula is C12H12F3NO2S. The molecule has 3 nitrogen and oxygen atoms in total. The van der Waals surface area contributed by atoms with Crippen molar-refractivity contribution in [1.82, 2.24) is 4.72 Å². The van der Waals surface area contributed by atoms with Crippen molar-refractivity contribution in [1.29, 1.82) is 0 Å². The van der Waals surface area contributed by atoms with Crippen molar-refractivity contribution < 1.29 is 21.6 Å². The minimum absolute atomic E-state index is 0.00127. The van der Waals surface area contributed by atoms with Gasteiger partial charge in [0.2, 0.25) is 10.0 Å². The Morgan fingerprint density at radius 2 is 1.89 bits per heavy atom. The molecule has 19 heavy (non-hydrogen) atoms. The smallest absolute Gasteiger partial charge is 0.211 e. The van der Waals surface area contributed by atoms with E-state index in [9.17, 15) is 21.6 Å². The molecule has 0 aliphatic heterocycles. The molecule has 1 rings (SSSR count). The molecule has 0 aliphatic rings. The van der Waals surface area contributed by atoms with Crippen molar-refractivity contribution in [2.75, 3.05) is 6.54 Å². The Kier molecular flexibility index (Phi) is 4.97. The lowest BCUT2D eigenvalue weighted by Gasteiger charge is -2.13. The van der Waals surface area contributed by atoms with E-state index in [1.165, 1.54) is 6.07 Å². The van der Waals surface area contributed by atoms with Gasteiger partial charge in [-0.1, -0.05) is 12.1 Å². The van der Waals surface area contributed by atoms with Crippen LogP contribution >= 0.6 is 0 Å². The molecule has 0 aromatic heterocycles. The van der Waals surface area contributed by atoms with Gasteiger partial charge in [0.15, 0.2) is 0 Å². The Hall–Kier alpha value is -1.52. The van der Waals surface area contributed by atoms with Gasteiger partial charge in [0.1, 0.15) is 0 Å². The van der Waals surface area contributed by atoms with Crippen LogP contribution in [0.2, 0.25) is 0 Å². The fraction of sp³-hybridized carbons (Fsp3) is 0.333. The van der Waals surface area contributed by atoms with Crippen LogP contribution in [0.5, 0.6) is 0 Å². The maximum atomic E-state index is 12.7. The Bertz CT molecular complexity index is 573. The van der Waals surface area contributed by atoms with E-state index in [-0.39, 0.29) is 6.54 Å². The lowest BCUT2D eigenvalue weighted by molar-refractivity contribution is -0.139. The Labute approximate surface area is 109 Å². The summed E-state index contributed by atoms with van der Waals surface area (Å²) in [6, 6.07) is 4.04. The molecule has 0 unspecified atom stereocenters. The zero-order valence-electron chi connectivity index (χ0n) is 9.87. The number of unbranched alkanes of at least 4 members (excludes halogenated alkanes) is 1. The SMILES string of the molecule is C#CCCCNS(=O)(=O)c1ccccc1C(F)(F)F. The number of rotatable bonds is 5. The molecule has 0 spiro atoms. The van der Waals surface area contributed by atoms with E-state index in [0.717, 1.165) is 18.2 Å². The van der Waals surface area contributed by atoms with E-state index in [0.29, 0.717) is 12.8 Å². The molecular weight excluding hydrogens is 279 g/mol. The van der Waals surface area contributed by atoms with Crippen LogP contribution in [-0.2, 0) is 16.2 Å². The van der Waals surface area contributed by atoms with Gasteiger partial charge in [0, 0.05) is 13.0 Å². The van der Waals surface area contributed by atoms with E-state index < -0.39 is 26.7 Å². The molecule has 104 valence electrons.